The number of halogens is 1. The van der Waals surface area contributed by atoms with Gasteiger partial charge in [-0.3, -0.25) is 10.1 Å². The Kier molecular flexibility index (Phi) is 5.16. The van der Waals surface area contributed by atoms with Crippen LogP contribution in [-0.2, 0) is 0 Å². The van der Waals surface area contributed by atoms with Crippen molar-refractivity contribution in [3.63, 3.8) is 0 Å². The van der Waals surface area contributed by atoms with Crippen LogP contribution in [0.3, 0.4) is 0 Å². The van der Waals surface area contributed by atoms with E-state index < -0.39 is 0 Å². The summed E-state index contributed by atoms with van der Waals surface area (Å²) in [5.74, 6) is -0.197. The monoisotopic (exact) mass is 491 g/mol. The van der Waals surface area contributed by atoms with E-state index in [1.165, 1.54) is 11.3 Å². The molecule has 0 bridgehead atoms. The Morgan fingerprint density at radius 2 is 1.80 bits per heavy atom. The minimum absolute atomic E-state index is 0.197. The van der Waals surface area contributed by atoms with Crippen molar-refractivity contribution in [1.82, 2.24) is 9.97 Å². The Morgan fingerprint density at radius 3 is 2.63 bits per heavy atom. The van der Waals surface area contributed by atoms with E-state index in [1.54, 1.807) is 11.3 Å². The van der Waals surface area contributed by atoms with E-state index in [9.17, 15) is 4.79 Å². The van der Waals surface area contributed by atoms with Gasteiger partial charge in [0.05, 0.1) is 27.3 Å². The Labute approximate surface area is 189 Å². The molecule has 0 aliphatic heterocycles. The molecule has 1 N–H and O–H groups in total. The molecule has 0 aliphatic rings. The van der Waals surface area contributed by atoms with Gasteiger partial charge in [-0.1, -0.05) is 52.3 Å². The second kappa shape index (κ2) is 8.10. The van der Waals surface area contributed by atoms with Gasteiger partial charge in [-0.15, -0.1) is 22.7 Å². The molecular formula is C23H14BrN3OS2. The van der Waals surface area contributed by atoms with Gasteiger partial charge in [-0.05, 0) is 35.7 Å². The summed E-state index contributed by atoms with van der Waals surface area (Å²) in [5, 5.41) is 8.32. The molecule has 0 fully saturated rings. The lowest BCUT2D eigenvalue weighted by molar-refractivity contribution is 0.102. The summed E-state index contributed by atoms with van der Waals surface area (Å²) in [7, 11) is 0. The summed E-state index contributed by atoms with van der Waals surface area (Å²) >= 11 is 6.55. The van der Waals surface area contributed by atoms with E-state index >= 15 is 0 Å². The van der Waals surface area contributed by atoms with Gasteiger partial charge in [0.25, 0.3) is 5.91 Å². The fraction of sp³-hybridized carbons (Fsp3) is 0. The SMILES string of the molecule is O=C(Nc1nc(-c2cccs2)cs1)c1cc(-c2cccc(Br)c2)nc2ccccc12. The number of anilines is 1. The number of carbonyl (C=O) groups excluding carboxylic acids is 1. The molecule has 0 saturated heterocycles. The normalized spacial score (nSPS) is 11.0. The first-order chi connectivity index (χ1) is 14.7. The highest BCUT2D eigenvalue weighted by atomic mass is 79.9. The van der Waals surface area contributed by atoms with Crippen LogP contribution in [0.4, 0.5) is 5.13 Å². The molecule has 0 radical (unpaired) electrons. The smallest absolute Gasteiger partial charge is 0.258 e. The van der Waals surface area contributed by atoms with Crippen LogP contribution in [0, 0.1) is 0 Å². The van der Waals surface area contributed by atoms with Crippen molar-refractivity contribution in [3.8, 4) is 21.8 Å². The summed E-state index contributed by atoms with van der Waals surface area (Å²) in [4.78, 5) is 23.6. The number of pyridine rings is 1. The summed E-state index contributed by atoms with van der Waals surface area (Å²) in [5.41, 5.74) is 3.92. The number of nitrogens with one attached hydrogen (secondary N) is 1. The standard InChI is InChI=1S/C23H14BrN3OS2/c24-15-6-3-5-14(11-15)19-12-17(16-7-1-2-8-18(16)25-19)22(28)27-23-26-20(13-30-23)21-9-4-10-29-21/h1-13H,(H,26,27,28). The topological polar surface area (TPSA) is 54.9 Å². The predicted molar refractivity (Wildman–Crippen MR) is 128 cm³/mol. The van der Waals surface area contributed by atoms with Crippen LogP contribution in [0.25, 0.3) is 32.7 Å². The largest absolute Gasteiger partial charge is 0.298 e. The molecule has 3 aromatic heterocycles. The van der Waals surface area contributed by atoms with Crippen molar-refractivity contribution in [2.24, 2.45) is 0 Å². The number of thiazole rings is 1. The number of fused-ring (bicyclic) bond motifs is 1. The van der Waals surface area contributed by atoms with Gasteiger partial charge in [0.15, 0.2) is 5.13 Å². The third-order valence-corrected chi connectivity index (χ3v) is 6.72. The lowest BCUT2D eigenvalue weighted by Gasteiger charge is -2.10. The van der Waals surface area contributed by atoms with Crippen LogP contribution in [0.15, 0.2) is 82.0 Å². The zero-order valence-corrected chi connectivity index (χ0v) is 18.7. The molecule has 3 heterocycles. The number of amides is 1. The molecule has 0 aliphatic carbocycles. The number of hydrogen-bond donors (Lipinski definition) is 1. The maximum Gasteiger partial charge on any atom is 0.258 e. The van der Waals surface area contributed by atoms with Gasteiger partial charge in [0.2, 0.25) is 0 Å². The van der Waals surface area contributed by atoms with Gasteiger partial charge in [-0.2, -0.15) is 0 Å². The third-order valence-electron chi connectivity index (χ3n) is 4.58. The minimum atomic E-state index is -0.197. The maximum atomic E-state index is 13.2. The molecular weight excluding hydrogens is 478 g/mol. The maximum absolute atomic E-state index is 13.2. The average Bonchev–Trinajstić information content (AvgIpc) is 3.45. The van der Waals surface area contributed by atoms with Crippen LogP contribution < -0.4 is 5.32 Å². The second-order valence-corrected chi connectivity index (χ2v) is 9.27. The molecule has 146 valence electrons. The highest BCUT2D eigenvalue weighted by Crippen LogP contribution is 2.30. The summed E-state index contributed by atoms with van der Waals surface area (Å²) < 4.78 is 0.963. The highest BCUT2D eigenvalue weighted by molar-refractivity contribution is 9.10. The van der Waals surface area contributed by atoms with Crippen LogP contribution in [0.1, 0.15) is 10.4 Å². The zero-order chi connectivity index (χ0) is 20.5. The summed E-state index contributed by atoms with van der Waals surface area (Å²) in [6.45, 7) is 0. The van der Waals surface area contributed by atoms with E-state index in [1.807, 2.05) is 77.5 Å². The van der Waals surface area contributed by atoms with Gasteiger partial charge < -0.3 is 0 Å². The second-order valence-electron chi connectivity index (χ2n) is 6.55. The molecule has 0 spiro atoms. The minimum Gasteiger partial charge on any atom is -0.298 e. The molecule has 0 saturated carbocycles. The van der Waals surface area contributed by atoms with Crippen molar-refractivity contribution in [2.75, 3.05) is 5.32 Å². The first kappa shape index (κ1) is 19.1. The third kappa shape index (κ3) is 3.79. The molecule has 5 rings (SSSR count). The number of nitrogens with zero attached hydrogens (tertiary/aromatic N) is 2. The molecule has 2 aromatic carbocycles. The van der Waals surface area contributed by atoms with Crippen LogP contribution in [0.2, 0.25) is 0 Å². The fourth-order valence-electron chi connectivity index (χ4n) is 3.19. The average molecular weight is 492 g/mol. The van der Waals surface area contributed by atoms with E-state index in [-0.39, 0.29) is 5.91 Å². The Hall–Kier alpha value is -2.87. The Bertz CT molecular complexity index is 1360. The first-order valence-electron chi connectivity index (χ1n) is 9.14. The van der Waals surface area contributed by atoms with E-state index in [4.69, 9.17) is 4.98 Å². The van der Waals surface area contributed by atoms with E-state index in [0.717, 1.165) is 37.2 Å². The molecule has 5 aromatic rings. The van der Waals surface area contributed by atoms with Crippen molar-refractivity contribution in [3.05, 3.63) is 87.5 Å². The number of rotatable bonds is 4. The van der Waals surface area contributed by atoms with E-state index in [0.29, 0.717) is 10.7 Å². The van der Waals surface area contributed by atoms with Gasteiger partial charge >= 0.3 is 0 Å². The van der Waals surface area contributed by atoms with Gasteiger partial charge in [-0.25, -0.2) is 9.97 Å². The lowest BCUT2D eigenvalue weighted by atomic mass is 10.0. The Morgan fingerprint density at radius 1 is 0.900 bits per heavy atom. The van der Waals surface area contributed by atoms with Crippen LogP contribution >= 0.6 is 38.6 Å². The number of benzene rings is 2. The fourth-order valence-corrected chi connectivity index (χ4v) is 5.06. The van der Waals surface area contributed by atoms with Gasteiger partial charge in [0, 0.05) is 20.8 Å². The van der Waals surface area contributed by atoms with Crippen molar-refractivity contribution >= 4 is 60.5 Å². The van der Waals surface area contributed by atoms with Crippen molar-refractivity contribution in [1.29, 1.82) is 0 Å². The molecule has 0 atom stereocenters. The number of hydrogen-bond acceptors (Lipinski definition) is 5. The number of aromatic nitrogens is 2. The quantitative estimate of drug-likeness (QED) is 0.291. The number of carbonyl (C=O) groups is 1. The first-order valence-corrected chi connectivity index (χ1v) is 11.7. The summed E-state index contributed by atoms with van der Waals surface area (Å²) in [6, 6.07) is 21.4. The number of para-hydroxylation sites is 1. The number of thiophene rings is 1. The van der Waals surface area contributed by atoms with E-state index in [2.05, 4.69) is 26.2 Å². The van der Waals surface area contributed by atoms with Crippen LogP contribution in [-0.4, -0.2) is 15.9 Å². The molecule has 4 nitrogen and oxygen atoms in total. The molecule has 30 heavy (non-hydrogen) atoms. The summed E-state index contributed by atoms with van der Waals surface area (Å²) in [6.07, 6.45) is 0. The molecule has 1 amide bonds. The predicted octanol–water partition coefficient (Wildman–Crippen LogP) is 7.10. The zero-order valence-electron chi connectivity index (χ0n) is 15.5. The van der Waals surface area contributed by atoms with Crippen molar-refractivity contribution in [2.45, 2.75) is 0 Å². The highest BCUT2D eigenvalue weighted by Gasteiger charge is 2.16. The molecule has 7 heteroatoms. The lowest BCUT2D eigenvalue weighted by Crippen LogP contribution is -2.13. The van der Waals surface area contributed by atoms with Crippen LogP contribution in [0.5, 0.6) is 0 Å². The van der Waals surface area contributed by atoms with Gasteiger partial charge in [0.1, 0.15) is 0 Å². The molecule has 0 unspecified atom stereocenters. The Balaban J connectivity index is 1.53. The van der Waals surface area contributed by atoms with Crippen molar-refractivity contribution < 1.29 is 4.79 Å².